The van der Waals surface area contributed by atoms with Crippen LogP contribution < -0.4 is 21.1 Å². The van der Waals surface area contributed by atoms with E-state index < -0.39 is 6.04 Å². The Morgan fingerprint density at radius 1 is 1.42 bits per heavy atom. The first kappa shape index (κ1) is 13.4. The van der Waals surface area contributed by atoms with Crippen molar-refractivity contribution in [2.24, 2.45) is 5.73 Å². The second-order valence-corrected chi connectivity index (χ2v) is 4.31. The highest BCUT2D eigenvalue weighted by Gasteiger charge is 2.26. The summed E-state index contributed by atoms with van der Waals surface area (Å²) in [5.41, 5.74) is 6.01. The average Bonchev–Trinajstić information content (AvgIpc) is 2.85. The molecule has 1 aliphatic rings. The second kappa shape index (κ2) is 6.19. The highest BCUT2D eigenvalue weighted by molar-refractivity contribution is 5.98. The Bertz CT molecular complexity index is 459. The SMILES string of the molecule is NCCOc1ccc(NC(=O)[C@@H]2CCC(=O)N2)cc1. The van der Waals surface area contributed by atoms with Gasteiger partial charge in [0.05, 0.1) is 0 Å². The number of hydrogen-bond acceptors (Lipinski definition) is 4. The van der Waals surface area contributed by atoms with Crippen LogP contribution in [-0.2, 0) is 9.59 Å². The summed E-state index contributed by atoms with van der Waals surface area (Å²) < 4.78 is 5.33. The van der Waals surface area contributed by atoms with Gasteiger partial charge in [0.25, 0.3) is 0 Å². The summed E-state index contributed by atoms with van der Waals surface area (Å²) in [6.45, 7) is 0.916. The molecule has 0 aliphatic carbocycles. The molecule has 1 aromatic carbocycles. The molecule has 2 amide bonds. The Labute approximate surface area is 111 Å². The molecule has 1 aromatic rings. The minimum absolute atomic E-state index is 0.0781. The van der Waals surface area contributed by atoms with Crippen LogP contribution in [0.25, 0.3) is 0 Å². The van der Waals surface area contributed by atoms with Crippen molar-refractivity contribution in [1.82, 2.24) is 5.32 Å². The van der Waals surface area contributed by atoms with Crippen molar-refractivity contribution < 1.29 is 14.3 Å². The molecule has 0 saturated carbocycles. The monoisotopic (exact) mass is 263 g/mol. The predicted molar refractivity (Wildman–Crippen MR) is 70.8 cm³/mol. The van der Waals surface area contributed by atoms with Crippen molar-refractivity contribution in [1.29, 1.82) is 0 Å². The first-order chi connectivity index (χ1) is 9.19. The van der Waals surface area contributed by atoms with E-state index >= 15 is 0 Å². The van der Waals surface area contributed by atoms with E-state index in [1.165, 1.54) is 0 Å². The fraction of sp³-hybridized carbons (Fsp3) is 0.385. The molecule has 6 heteroatoms. The Hall–Kier alpha value is -2.08. The number of anilines is 1. The van der Waals surface area contributed by atoms with Crippen molar-refractivity contribution in [3.8, 4) is 5.75 Å². The van der Waals surface area contributed by atoms with Crippen molar-refractivity contribution in [2.75, 3.05) is 18.5 Å². The highest BCUT2D eigenvalue weighted by atomic mass is 16.5. The molecule has 0 unspecified atom stereocenters. The molecule has 0 radical (unpaired) electrons. The topological polar surface area (TPSA) is 93.4 Å². The molecule has 2 rings (SSSR count). The van der Waals surface area contributed by atoms with Crippen LogP contribution in [0.4, 0.5) is 5.69 Å². The van der Waals surface area contributed by atoms with Crippen molar-refractivity contribution in [3.05, 3.63) is 24.3 Å². The number of benzene rings is 1. The number of nitrogens with two attached hydrogens (primary N) is 1. The van der Waals surface area contributed by atoms with Gasteiger partial charge in [-0.1, -0.05) is 0 Å². The molecule has 6 nitrogen and oxygen atoms in total. The van der Waals surface area contributed by atoms with Gasteiger partial charge in [0.2, 0.25) is 11.8 Å². The molecule has 19 heavy (non-hydrogen) atoms. The number of carbonyl (C=O) groups is 2. The highest BCUT2D eigenvalue weighted by Crippen LogP contribution is 2.16. The Morgan fingerprint density at radius 3 is 2.74 bits per heavy atom. The van der Waals surface area contributed by atoms with Crippen molar-refractivity contribution in [2.45, 2.75) is 18.9 Å². The van der Waals surface area contributed by atoms with Crippen LogP contribution in [0, 0.1) is 0 Å². The van der Waals surface area contributed by atoms with Crippen LogP contribution >= 0.6 is 0 Å². The average molecular weight is 263 g/mol. The summed E-state index contributed by atoms with van der Waals surface area (Å²) >= 11 is 0. The van der Waals surface area contributed by atoms with Crippen LogP contribution in [0.15, 0.2) is 24.3 Å². The summed E-state index contributed by atoms with van der Waals surface area (Å²) in [4.78, 5) is 22.9. The first-order valence-corrected chi connectivity index (χ1v) is 6.22. The van der Waals surface area contributed by atoms with Gasteiger partial charge < -0.3 is 21.1 Å². The summed E-state index contributed by atoms with van der Waals surface area (Å²) in [5, 5.41) is 5.38. The van der Waals surface area contributed by atoms with E-state index in [1.54, 1.807) is 24.3 Å². The van der Waals surface area contributed by atoms with Crippen LogP contribution in [0.1, 0.15) is 12.8 Å². The smallest absolute Gasteiger partial charge is 0.246 e. The lowest BCUT2D eigenvalue weighted by molar-refractivity contribution is -0.122. The third-order valence-electron chi connectivity index (χ3n) is 2.82. The normalized spacial score (nSPS) is 17.9. The third-order valence-corrected chi connectivity index (χ3v) is 2.82. The minimum atomic E-state index is -0.430. The van der Waals surface area contributed by atoms with E-state index in [9.17, 15) is 9.59 Å². The minimum Gasteiger partial charge on any atom is -0.492 e. The van der Waals surface area contributed by atoms with Gasteiger partial charge in [-0.3, -0.25) is 9.59 Å². The lowest BCUT2D eigenvalue weighted by atomic mass is 10.2. The molecule has 102 valence electrons. The van der Waals surface area contributed by atoms with Gasteiger partial charge in [0, 0.05) is 18.7 Å². The van der Waals surface area contributed by atoms with Gasteiger partial charge >= 0.3 is 0 Å². The third kappa shape index (κ3) is 3.69. The summed E-state index contributed by atoms with van der Waals surface area (Å²) in [6, 6.07) is 6.60. The van der Waals surface area contributed by atoms with Crippen molar-refractivity contribution in [3.63, 3.8) is 0 Å². The molecule has 1 heterocycles. The van der Waals surface area contributed by atoms with Crippen LogP contribution in [0.5, 0.6) is 5.75 Å². The molecule has 1 fully saturated rings. The van der Waals surface area contributed by atoms with Crippen LogP contribution in [0.2, 0.25) is 0 Å². The maximum atomic E-state index is 11.8. The molecule has 1 atom stereocenters. The molecule has 0 aromatic heterocycles. The summed E-state index contributed by atoms with van der Waals surface area (Å²) in [6.07, 6.45) is 0.951. The van der Waals surface area contributed by atoms with Crippen molar-refractivity contribution >= 4 is 17.5 Å². The molecular formula is C13H17N3O3. The van der Waals surface area contributed by atoms with Crippen LogP contribution in [0.3, 0.4) is 0 Å². The molecule has 1 saturated heterocycles. The molecule has 4 N–H and O–H groups in total. The van der Waals surface area contributed by atoms with Gasteiger partial charge in [0.1, 0.15) is 18.4 Å². The van der Waals surface area contributed by atoms with Crippen LogP contribution in [-0.4, -0.2) is 31.0 Å². The quantitative estimate of drug-likeness (QED) is 0.709. The van der Waals surface area contributed by atoms with E-state index in [2.05, 4.69) is 10.6 Å². The van der Waals surface area contributed by atoms with Gasteiger partial charge in [0.15, 0.2) is 0 Å². The maximum Gasteiger partial charge on any atom is 0.246 e. The zero-order valence-electron chi connectivity index (χ0n) is 10.5. The van der Waals surface area contributed by atoms with Gasteiger partial charge in [-0.2, -0.15) is 0 Å². The van der Waals surface area contributed by atoms with Gasteiger partial charge in [-0.05, 0) is 30.7 Å². The van der Waals surface area contributed by atoms with E-state index in [0.717, 1.165) is 0 Å². The zero-order chi connectivity index (χ0) is 13.7. The molecule has 1 aliphatic heterocycles. The lowest BCUT2D eigenvalue weighted by Gasteiger charge is -2.11. The molecular weight excluding hydrogens is 246 g/mol. The fourth-order valence-corrected chi connectivity index (χ4v) is 1.85. The summed E-state index contributed by atoms with van der Waals surface area (Å²) in [7, 11) is 0. The van der Waals surface area contributed by atoms with Gasteiger partial charge in [-0.15, -0.1) is 0 Å². The van der Waals surface area contributed by atoms with E-state index in [0.29, 0.717) is 37.4 Å². The number of ether oxygens (including phenoxy) is 1. The largest absolute Gasteiger partial charge is 0.492 e. The number of amides is 2. The van der Waals surface area contributed by atoms with E-state index in [1.807, 2.05) is 0 Å². The Balaban J connectivity index is 1.88. The first-order valence-electron chi connectivity index (χ1n) is 6.22. The number of rotatable bonds is 5. The zero-order valence-corrected chi connectivity index (χ0v) is 10.5. The predicted octanol–water partition coefficient (Wildman–Crippen LogP) is 0.241. The second-order valence-electron chi connectivity index (χ2n) is 4.31. The maximum absolute atomic E-state index is 11.8. The fourth-order valence-electron chi connectivity index (χ4n) is 1.85. The standard InChI is InChI=1S/C13H17N3O3/c14-7-8-19-10-3-1-9(2-4-10)15-13(18)11-5-6-12(17)16-11/h1-4,11H,5-8,14H2,(H,15,18)(H,16,17)/t11-/m0/s1. The number of nitrogens with one attached hydrogen (secondary N) is 2. The van der Waals surface area contributed by atoms with Gasteiger partial charge in [-0.25, -0.2) is 0 Å². The molecule has 0 spiro atoms. The Kier molecular flexibility index (Phi) is 4.35. The number of hydrogen-bond donors (Lipinski definition) is 3. The molecule has 0 bridgehead atoms. The summed E-state index contributed by atoms with van der Waals surface area (Å²) in [5.74, 6) is 0.435. The van der Waals surface area contributed by atoms with E-state index in [4.69, 9.17) is 10.5 Å². The van der Waals surface area contributed by atoms with E-state index in [-0.39, 0.29) is 11.8 Å². The number of carbonyl (C=O) groups excluding carboxylic acids is 2. The lowest BCUT2D eigenvalue weighted by Crippen LogP contribution is -2.37. The Morgan fingerprint density at radius 2 is 2.16 bits per heavy atom.